The fourth-order valence-corrected chi connectivity index (χ4v) is 3.66. The standard InChI is InChI=1S/C18H31N3O4/c1-2-3-10-19-16(22)14-5-4-11-21(12-14)18(25)20-15-8-6-13(7-9-15)17(23)24/h13-15H,2-12H2,1H3,(H,19,22)(H,20,25)(H,23,24). The van der Waals surface area contributed by atoms with Crippen LogP contribution in [0.1, 0.15) is 58.3 Å². The van der Waals surface area contributed by atoms with Crippen LogP contribution in [-0.2, 0) is 9.59 Å². The maximum absolute atomic E-state index is 12.5. The van der Waals surface area contributed by atoms with E-state index in [1.165, 1.54) is 0 Å². The number of amides is 3. The molecule has 3 N–H and O–H groups in total. The fourth-order valence-electron chi connectivity index (χ4n) is 3.66. The highest BCUT2D eigenvalue weighted by molar-refractivity contribution is 5.81. The molecule has 0 aromatic heterocycles. The Hall–Kier alpha value is -1.79. The molecule has 2 fully saturated rings. The van der Waals surface area contributed by atoms with Gasteiger partial charge in [0.05, 0.1) is 11.8 Å². The van der Waals surface area contributed by atoms with Crippen LogP contribution in [0.5, 0.6) is 0 Å². The van der Waals surface area contributed by atoms with Crippen molar-refractivity contribution in [3.05, 3.63) is 0 Å². The Bertz CT molecular complexity index is 475. The highest BCUT2D eigenvalue weighted by Crippen LogP contribution is 2.25. The summed E-state index contributed by atoms with van der Waals surface area (Å²) in [5, 5.41) is 15.0. The van der Waals surface area contributed by atoms with Crippen molar-refractivity contribution in [1.29, 1.82) is 0 Å². The van der Waals surface area contributed by atoms with E-state index in [9.17, 15) is 14.4 Å². The van der Waals surface area contributed by atoms with Gasteiger partial charge in [-0.1, -0.05) is 13.3 Å². The van der Waals surface area contributed by atoms with E-state index >= 15 is 0 Å². The van der Waals surface area contributed by atoms with Gasteiger partial charge in [0.2, 0.25) is 5.91 Å². The number of carboxylic acid groups (broad SMARTS) is 1. The van der Waals surface area contributed by atoms with E-state index in [1.54, 1.807) is 4.90 Å². The SMILES string of the molecule is CCCCNC(=O)C1CCCN(C(=O)NC2CCC(C(=O)O)CC2)C1. The summed E-state index contributed by atoms with van der Waals surface area (Å²) in [6.45, 7) is 3.93. The van der Waals surface area contributed by atoms with Crippen molar-refractivity contribution in [3.8, 4) is 0 Å². The second kappa shape index (κ2) is 9.63. The number of carbonyl (C=O) groups is 3. The summed E-state index contributed by atoms with van der Waals surface area (Å²) < 4.78 is 0. The molecule has 0 aromatic rings. The fraction of sp³-hybridized carbons (Fsp3) is 0.833. The first-order chi connectivity index (χ1) is 12.0. The van der Waals surface area contributed by atoms with Crippen molar-refractivity contribution in [2.24, 2.45) is 11.8 Å². The van der Waals surface area contributed by atoms with Gasteiger partial charge in [-0.15, -0.1) is 0 Å². The van der Waals surface area contributed by atoms with Crippen LogP contribution in [0.15, 0.2) is 0 Å². The molecule has 1 saturated heterocycles. The minimum absolute atomic E-state index is 0.0434. The number of unbranched alkanes of at least 4 members (excludes halogenated alkanes) is 1. The Morgan fingerprint density at radius 3 is 2.44 bits per heavy atom. The number of aliphatic carboxylic acids is 1. The van der Waals surface area contributed by atoms with Crippen molar-refractivity contribution < 1.29 is 19.5 Å². The summed E-state index contributed by atoms with van der Waals surface area (Å²) in [5.41, 5.74) is 0. The topological polar surface area (TPSA) is 98.7 Å². The summed E-state index contributed by atoms with van der Waals surface area (Å²) in [4.78, 5) is 37.4. The maximum Gasteiger partial charge on any atom is 0.317 e. The lowest BCUT2D eigenvalue weighted by molar-refractivity contribution is -0.142. The number of rotatable bonds is 6. The van der Waals surface area contributed by atoms with E-state index in [0.29, 0.717) is 45.3 Å². The van der Waals surface area contributed by atoms with Crippen LogP contribution in [0.3, 0.4) is 0 Å². The highest BCUT2D eigenvalue weighted by Gasteiger charge is 2.31. The third kappa shape index (κ3) is 5.90. The molecule has 0 aromatic carbocycles. The van der Waals surface area contributed by atoms with Gasteiger partial charge in [0, 0.05) is 25.7 Å². The number of likely N-dealkylation sites (tertiary alicyclic amines) is 1. The summed E-state index contributed by atoms with van der Waals surface area (Å²) in [5.74, 6) is -1.09. The van der Waals surface area contributed by atoms with E-state index in [4.69, 9.17) is 5.11 Å². The lowest BCUT2D eigenvalue weighted by Crippen LogP contribution is -2.51. The van der Waals surface area contributed by atoms with Crippen molar-refractivity contribution in [2.75, 3.05) is 19.6 Å². The van der Waals surface area contributed by atoms with Gasteiger partial charge in [0.25, 0.3) is 0 Å². The van der Waals surface area contributed by atoms with E-state index < -0.39 is 5.97 Å². The number of nitrogens with one attached hydrogen (secondary N) is 2. The van der Waals surface area contributed by atoms with Crippen LogP contribution in [0.4, 0.5) is 4.79 Å². The van der Waals surface area contributed by atoms with E-state index in [0.717, 1.165) is 25.7 Å². The molecule has 1 unspecified atom stereocenters. The van der Waals surface area contributed by atoms with Crippen molar-refractivity contribution in [2.45, 2.75) is 64.3 Å². The van der Waals surface area contributed by atoms with Crippen molar-refractivity contribution in [3.63, 3.8) is 0 Å². The third-order valence-electron chi connectivity index (χ3n) is 5.31. The Balaban J connectivity index is 1.76. The molecule has 1 atom stereocenters. The molecule has 1 aliphatic heterocycles. The summed E-state index contributed by atoms with van der Waals surface area (Å²) in [6.07, 6.45) is 6.32. The van der Waals surface area contributed by atoms with Crippen LogP contribution in [0.25, 0.3) is 0 Å². The molecule has 7 heteroatoms. The van der Waals surface area contributed by atoms with Gasteiger partial charge in [0.15, 0.2) is 0 Å². The van der Waals surface area contributed by atoms with Gasteiger partial charge in [-0.05, 0) is 44.9 Å². The minimum atomic E-state index is -0.738. The lowest BCUT2D eigenvalue weighted by Gasteiger charge is -2.34. The summed E-state index contributed by atoms with van der Waals surface area (Å²) >= 11 is 0. The number of carboxylic acids is 1. The minimum Gasteiger partial charge on any atom is -0.481 e. The average Bonchev–Trinajstić information content (AvgIpc) is 2.62. The van der Waals surface area contributed by atoms with Crippen molar-refractivity contribution >= 4 is 17.9 Å². The van der Waals surface area contributed by atoms with Crippen LogP contribution in [0, 0.1) is 11.8 Å². The lowest BCUT2D eigenvalue weighted by atomic mass is 9.86. The molecule has 1 heterocycles. The number of hydrogen-bond acceptors (Lipinski definition) is 3. The normalized spacial score (nSPS) is 26.8. The Kier molecular flexibility index (Phi) is 7.52. The second-order valence-electron chi connectivity index (χ2n) is 7.27. The first-order valence-corrected chi connectivity index (χ1v) is 9.57. The molecule has 3 amide bonds. The quantitative estimate of drug-likeness (QED) is 0.636. The third-order valence-corrected chi connectivity index (χ3v) is 5.31. The van der Waals surface area contributed by atoms with Gasteiger partial charge < -0.3 is 20.6 Å². The number of urea groups is 1. The first kappa shape index (κ1) is 19.5. The zero-order chi connectivity index (χ0) is 18.2. The molecule has 1 saturated carbocycles. The van der Waals surface area contributed by atoms with E-state index in [-0.39, 0.29) is 29.8 Å². The number of carbonyl (C=O) groups excluding carboxylic acids is 2. The van der Waals surface area contributed by atoms with Crippen LogP contribution in [-0.4, -0.2) is 53.6 Å². The number of hydrogen-bond donors (Lipinski definition) is 3. The van der Waals surface area contributed by atoms with Gasteiger partial charge in [0.1, 0.15) is 0 Å². The molecule has 0 spiro atoms. The predicted octanol–water partition coefficient (Wildman–Crippen LogP) is 1.97. The maximum atomic E-state index is 12.5. The number of piperidine rings is 1. The monoisotopic (exact) mass is 353 g/mol. The van der Waals surface area contributed by atoms with E-state index in [2.05, 4.69) is 17.6 Å². The molecule has 0 radical (unpaired) electrons. The zero-order valence-electron chi connectivity index (χ0n) is 15.1. The molecular weight excluding hydrogens is 322 g/mol. The molecule has 1 aliphatic carbocycles. The largest absolute Gasteiger partial charge is 0.481 e. The molecule has 7 nitrogen and oxygen atoms in total. The Morgan fingerprint density at radius 1 is 1.08 bits per heavy atom. The second-order valence-corrected chi connectivity index (χ2v) is 7.27. The highest BCUT2D eigenvalue weighted by atomic mass is 16.4. The number of nitrogens with zero attached hydrogens (tertiary/aromatic N) is 1. The molecule has 142 valence electrons. The van der Waals surface area contributed by atoms with Gasteiger partial charge >= 0.3 is 12.0 Å². The Labute approximate surface area is 149 Å². The summed E-state index contributed by atoms with van der Waals surface area (Å²) in [7, 11) is 0. The molecular formula is C18H31N3O4. The van der Waals surface area contributed by atoms with Gasteiger partial charge in [-0.3, -0.25) is 9.59 Å². The molecule has 2 rings (SSSR count). The van der Waals surface area contributed by atoms with Crippen LogP contribution >= 0.6 is 0 Å². The van der Waals surface area contributed by atoms with Crippen LogP contribution in [0.2, 0.25) is 0 Å². The molecule has 25 heavy (non-hydrogen) atoms. The molecule has 2 aliphatic rings. The van der Waals surface area contributed by atoms with Gasteiger partial charge in [-0.25, -0.2) is 4.79 Å². The van der Waals surface area contributed by atoms with Crippen LogP contribution < -0.4 is 10.6 Å². The van der Waals surface area contributed by atoms with Gasteiger partial charge in [-0.2, -0.15) is 0 Å². The van der Waals surface area contributed by atoms with E-state index in [1.807, 2.05) is 0 Å². The Morgan fingerprint density at radius 2 is 1.80 bits per heavy atom. The zero-order valence-corrected chi connectivity index (χ0v) is 15.1. The predicted molar refractivity (Wildman–Crippen MR) is 94.1 cm³/mol. The smallest absolute Gasteiger partial charge is 0.317 e. The molecule has 0 bridgehead atoms. The summed E-state index contributed by atoms with van der Waals surface area (Å²) in [6, 6.07) is -0.0771. The van der Waals surface area contributed by atoms with Crippen molar-refractivity contribution in [1.82, 2.24) is 15.5 Å². The first-order valence-electron chi connectivity index (χ1n) is 9.57. The average molecular weight is 353 g/mol.